The van der Waals surface area contributed by atoms with Crippen molar-refractivity contribution in [3.05, 3.63) is 24.3 Å². The first-order valence-corrected chi connectivity index (χ1v) is 8.47. The van der Waals surface area contributed by atoms with Crippen LogP contribution in [0, 0.1) is 0 Å². The van der Waals surface area contributed by atoms with Crippen LogP contribution in [-0.4, -0.2) is 36.7 Å². The van der Waals surface area contributed by atoms with Crippen molar-refractivity contribution < 1.29 is 14.3 Å². The molecular formula is C11H22N4O3P4. The van der Waals surface area contributed by atoms with Crippen LogP contribution in [0.2, 0.25) is 0 Å². The zero-order valence-electron chi connectivity index (χ0n) is 12.0. The maximum absolute atomic E-state index is 6.92. The molecule has 22 heavy (non-hydrogen) atoms. The monoisotopic (exact) mass is 382 g/mol. The molecule has 3 N–H and O–H groups in total. The average molecular weight is 382 g/mol. The number of nitrogens with zero attached hydrogens (tertiary/aromatic N) is 3. The summed E-state index contributed by atoms with van der Waals surface area (Å²) >= 11 is 0. The molecule has 124 valence electrons. The topological polar surface area (TPSA) is 92.4 Å². The Morgan fingerprint density at radius 2 is 2.05 bits per heavy atom. The van der Waals surface area contributed by atoms with Gasteiger partial charge in [0.05, 0.1) is 23.8 Å². The van der Waals surface area contributed by atoms with Crippen LogP contribution in [0.15, 0.2) is 18.7 Å². The van der Waals surface area contributed by atoms with Crippen molar-refractivity contribution >= 4 is 48.8 Å². The Labute approximate surface area is 139 Å². The molecule has 1 aliphatic heterocycles. The van der Waals surface area contributed by atoms with Crippen LogP contribution >= 0.6 is 37.8 Å². The van der Waals surface area contributed by atoms with Gasteiger partial charge in [0, 0.05) is 33.3 Å². The standard InChI is InChI=1S/C11H16N4OP2.2H3OP/c17-15-4-8(11-10(15)3-12-6-13-11)9-2-1-7(14-9)5-16-18;2*1-2/h3-4,6-7,9,14H,1-2,5,17-18H2;2*1H,2H2. The largest absolute Gasteiger partial charge is 0.380 e. The molecule has 0 aromatic carbocycles. The van der Waals surface area contributed by atoms with Crippen LogP contribution in [0.5, 0.6) is 0 Å². The molecule has 1 fully saturated rings. The Hall–Kier alpha value is 0.180. The molecule has 7 nitrogen and oxygen atoms in total. The summed E-state index contributed by atoms with van der Waals surface area (Å²) in [4.78, 5) is 22.3. The van der Waals surface area contributed by atoms with E-state index in [4.69, 9.17) is 14.3 Å². The van der Waals surface area contributed by atoms with E-state index in [1.807, 2.05) is 10.5 Å². The van der Waals surface area contributed by atoms with Crippen molar-refractivity contribution in [3.63, 3.8) is 0 Å². The molecule has 0 saturated carbocycles. The molecule has 2 aromatic heterocycles. The molecule has 0 spiro atoms. The van der Waals surface area contributed by atoms with Crippen LogP contribution in [-0.2, 0) is 4.52 Å². The molecule has 0 bridgehead atoms. The zero-order chi connectivity index (χ0) is 16.5. The van der Waals surface area contributed by atoms with Gasteiger partial charge >= 0.3 is 0 Å². The lowest BCUT2D eigenvalue weighted by Gasteiger charge is -2.12. The highest BCUT2D eigenvalue weighted by Gasteiger charge is 2.27. The lowest BCUT2D eigenvalue weighted by Crippen LogP contribution is -2.27. The highest BCUT2D eigenvalue weighted by Crippen LogP contribution is 2.32. The molecule has 3 rings (SSSR count). The van der Waals surface area contributed by atoms with Crippen molar-refractivity contribution in [2.24, 2.45) is 0 Å². The van der Waals surface area contributed by atoms with E-state index < -0.39 is 0 Å². The molecule has 6 unspecified atom stereocenters. The van der Waals surface area contributed by atoms with Crippen molar-refractivity contribution in [3.8, 4) is 0 Å². The quantitative estimate of drug-likeness (QED) is 0.692. The molecule has 6 atom stereocenters. The van der Waals surface area contributed by atoms with Crippen LogP contribution in [0.3, 0.4) is 0 Å². The Morgan fingerprint density at radius 3 is 2.73 bits per heavy atom. The van der Waals surface area contributed by atoms with Crippen molar-refractivity contribution in [1.82, 2.24) is 19.6 Å². The van der Waals surface area contributed by atoms with E-state index in [9.17, 15) is 0 Å². The second kappa shape index (κ2) is 10.9. The minimum Gasteiger partial charge on any atom is -0.380 e. The fourth-order valence-corrected chi connectivity index (χ4v) is 3.16. The fraction of sp³-hybridized carbons (Fsp3) is 0.455. The van der Waals surface area contributed by atoms with Gasteiger partial charge in [-0.3, -0.25) is 0 Å². The maximum Gasteiger partial charge on any atom is 0.116 e. The molecule has 11 heteroatoms. The molecule has 3 heterocycles. The van der Waals surface area contributed by atoms with Crippen LogP contribution in [0.1, 0.15) is 24.4 Å². The molecule has 2 aromatic rings. The van der Waals surface area contributed by atoms with Gasteiger partial charge in [-0.05, 0) is 41.2 Å². The molecular weight excluding hydrogens is 360 g/mol. The van der Waals surface area contributed by atoms with Crippen molar-refractivity contribution in [1.29, 1.82) is 0 Å². The predicted molar refractivity (Wildman–Crippen MR) is 101 cm³/mol. The molecule has 1 saturated heterocycles. The number of nitrogens with one attached hydrogen (secondary N) is 1. The van der Waals surface area contributed by atoms with E-state index in [1.165, 1.54) is 24.5 Å². The van der Waals surface area contributed by atoms with Crippen LogP contribution in [0.4, 0.5) is 0 Å². The average Bonchev–Trinajstić information content (AvgIpc) is 3.17. The number of rotatable bonds is 3. The van der Waals surface area contributed by atoms with Gasteiger partial charge < -0.3 is 24.0 Å². The highest BCUT2D eigenvalue weighted by molar-refractivity contribution is 7.14. The van der Waals surface area contributed by atoms with Gasteiger partial charge in [0.1, 0.15) is 6.33 Å². The number of aromatic nitrogens is 3. The molecule has 1 aliphatic rings. The van der Waals surface area contributed by atoms with Gasteiger partial charge in [-0.1, -0.05) is 0 Å². The summed E-state index contributed by atoms with van der Waals surface area (Å²) in [5, 5.41) is 3.59. The second-order valence-electron chi connectivity index (χ2n) is 4.58. The van der Waals surface area contributed by atoms with E-state index in [0.29, 0.717) is 12.1 Å². The third kappa shape index (κ3) is 4.84. The summed E-state index contributed by atoms with van der Waals surface area (Å²) in [7, 11) is 7.82. The van der Waals surface area contributed by atoms with Crippen molar-refractivity contribution in [2.45, 2.75) is 24.9 Å². The number of hydrogen-bond donors (Lipinski definition) is 3. The van der Waals surface area contributed by atoms with Gasteiger partial charge in [0.15, 0.2) is 0 Å². The Bertz CT molecular complexity index is 571. The summed E-state index contributed by atoms with van der Waals surface area (Å²) in [6, 6.07) is 0.784. The van der Waals surface area contributed by atoms with E-state index in [1.54, 1.807) is 6.33 Å². The van der Waals surface area contributed by atoms with Crippen molar-refractivity contribution in [2.75, 3.05) is 6.61 Å². The van der Waals surface area contributed by atoms with Gasteiger partial charge in [-0.2, -0.15) is 0 Å². The summed E-state index contributed by atoms with van der Waals surface area (Å²) in [5.74, 6) is 0. The molecule has 0 radical (unpaired) electrons. The first-order chi connectivity index (χ1) is 10.8. The summed E-state index contributed by atoms with van der Waals surface area (Å²) in [5.41, 5.74) is 3.32. The minimum absolute atomic E-state index is 0.356. The minimum atomic E-state index is 0.356. The lowest BCUT2D eigenvalue weighted by molar-refractivity contribution is 0.314. The summed E-state index contributed by atoms with van der Waals surface area (Å²) in [6.07, 6.45) is 7.82. The second-order valence-corrected chi connectivity index (χ2v) is 5.46. The Morgan fingerprint density at radius 1 is 1.32 bits per heavy atom. The summed E-state index contributed by atoms with van der Waals surface area (Å²) < 4.78 is 7.13. The Balaban J connectivity index is 0.000000561. The SMILES string of the molecule is OP.OP.POCC1CCC(c2cn(P)c3cncnc23)N1. The third-order valence-electron chi connectivity index (χ3n) is 3.44. The van der Waals surface area contributed by atoms with Gasteiger partial charge in [-0.25, -0.2) is 9.97 Å². The smallest absolute Gasteiger partial charge is 0.116 e. The third-order valence-corrected chi connectivity index (χ3v) is 4.06. The first-order valence-electron chi connectivity index (χ1n) is 6.45. The van der Waals surface area contributed by atoms with Crippen LogP contribution < -0.4 is 5.32 Å². The highest BCUT2D eigenvalue weighted by atomic mass is 31.0. The Kier molecular flexibility index (Phi) is 9.99. The maximum atomic E-state index is 6.92. The van der Waals surface area contributed by atoms with E-state index >= 15 is 0 Å². The lowest BCUT2D eigenvalue weighted by atomic mass is 10.1. The van der Waals surface area contributed by atoms with Crippen LogP contribution in [0.25, 0.3) is 11.0 Å². The van der Waals surface area contributed by atoms with E-state index in [-0.39, 0.29) is 0 Å². The fourth-order valence-electron chi connectivity index (χ4n) is 2.58. The zero-order valence-corrected chi connectivity index (χ0v) is 16.6. The summed E-state index contributed by atoms with van der Waals surface area (Å²) in [6.45, 7) is 0.732. The van der Waals surface area contributed by atoms with Gasteiger partial charge in [0.25, 0.3) is 0 Å². The van der Waals surface area contributed by atoms with E-state index in [2.05, 4.69) is 40.3 Å². The normalized spacial score (nSPS) is 20.1. The molecule has 0 aliphatic carbocycles. The molecule has 0 amide bonds. The van der Waals surface area contributed by atoms with Gasteiger partial charge in [-0.15, -0.1) is 0 Å². The predicted octanol–water partition coefficient (Wildman–Crippen LogP) is 1.21. The first kappa shape index (κ1) is 20.2. The van der Waals surface area contributed by atoms with Gasteiger partial charge in [0.2, 0.25) is 0 Å². The number of fused-ring (bicyclic) bond motifs is 1. The van der Waals surface area contributed by atoms with E-state index in [0.717, 1.165) is 30.5 Å². The number of hydrogen-bond acceptors (Lipinski definition) is 6.